The Morgan fingerprint density at radius 1 is 1.23 bits per heavy atom. The van der Waals surface area contributed by atoms with Crippen molar-refractivity contribution in [1.82, 2.24) is 0 Å². The zero-order valence-electron chi connectivity index (χ0n) is 8.06. The van der Waals surface area contributed by atoms with Gasteiger partial charge in [0.1, 0.15) is 0 Å². The van der Waals surface area contributed by atoms with Crippen LogP contribution in [0.5, 0.6) is 0 Å². The summed E-state index contributed by atoms with van der Waals surface area (Å²) in [4.78, 5) is 10.7. The molecule has 64 valence electrons. The average Bonchev–Trinajstić information content (AvgIpc) is 2.04. The molecule has 0 fully saturated rings. The van der Waals surface area contributed by atoms with Gasteiger partial charge in [-0.1, -0.05) is 0 Å². The molecule has 13 heavy (non-hydrogen) atoms. The molecule has 1 unspecified atom stereocenters. The third-order valence-corrected chi connectivity index (χ3v) is 2.33. The fourth-order valence-electron chi connectivity index (χ4n) is 0.878. The maximum Gasteiger partial charge on any atom is 1.00 e. The van der Waals surface area contributed by atoms with E-state index in [0.29, 0.717) is 5.30 Å². The third kappa shape index (κ3) is 3.75. The van der Waals surface area contributed by atoms with E-state index in [1.165, 1.54) is 0 Å². The van der Waals surface area contributed by atoms with Crippen LogP contribution in [0.15, 0.2) is 24.3 Å². The van der Waals surface area contributed by atoms with E-state index >= 15 is 0 Å². The Hall–Kier alpha value is 0.0800. The number of benzene rings is 1. The molecule has 0 aliphatic carbocycles. The van der Waals surface area contributed by atoms with Crippen LogP contribution < -0.4 is 39.8 Å². The summed E-state index contributed by atoms with van der Waals surface area (Å²) < 4.78 is 10.6. The minimum Gasteiger partial charge on any atom is -0.378 e. The number of hydrogen-bond donors (Lipinski definition) is 1. The molecule has 1 aromatic carbocycles. The topological polar surface area (TPSA) is 40.5 Å². The summed E-state index contributed by atoms with van der Waals surface area (Å²) in [5.41, 5.74) is 1.02. The van der Waals surface area contributed by atoms with Crippen LogP contribution in [-0.4, -0.2) is 19.0 Å². The number of anilines is 1. The van der Waals surface area contributed by atoms with Crippen LogP contribution in [0.3, 0.4) is 0 Å². The van der Waals surface area contributed by atoms with Gasteiger partial charge < -0.3 is 4.90 Å². The van der Waals surface area contributed by atoms with E-state index in [-0.39, 0.29) is 29.6 Å². The first-order chi connectivity index (χ1) is 5.61. The van der Waals surface area contributed by atoms with Crippen LogP contribution in [0, 0.1) is 0 Å². The maximum atomic E-state index is 10.6. The minimum absolute atomic E-state index is 0. The molecular formula is C8H11NNaO2P+2. The predicted octanol–water partition coefficient (Wildman–Crippen LogP) is -1.88. The van der Waals surface area contributed by atoms with Gasteiger partial charge in [0.2, 0.25) is 5.30 Å². The van der Waals surface area contributed by atoms with E-state index in [9.17, 15) is 4.57 Å². The largest absolute Gasteiger partial charge is 1.00 e. The van der Waals surface area contributed by atoms with E-state index in [4.69, 9.17) is 4.89 Å². The fraction of sp³-hybridized carbons (Fsp3) is 0.250. The Kier molecular flexibility index (Phi) is 5.77. The molecule has 0 heterocycles. The zero-order chi connectivity index (χ0) is 9.14. The fourth-order valence-corrected chi connectivity index (χ4v) is 1.28. The van der Waals surface area contributed by atoms with Gasteiger partial charge in [-0.05, 0) is 28.8 Å². The molecule has 1 N–H and O–H groups in total. The molecule has 0 saturated carbocycles. The van der Waals surface area contributed by atoms with Crippen molar-refractivity contribution in [3.63, 3.8) is 0 Å². The molecule has 0 saturated heterocycles. The van der Waals surface area contributed by atoms with Crippen LogP contribution in [0.1, 0.15) is 0 Å². The second kappa shape index (κ2) is 5.74. The van der Waals surface area contributed by atoms with Crippen LogP contribution in [0.4, 0.5) is 5.69 Å². The molecule has 0 aliphatic rings. The summed E-state index contributed by atoms with van der Waals surface area (Å²) in [5, 5.41) is 0.468. The summed E-state index contributed by atoms with van der Waals surface area (Å²) in [7, 11) is 1.65. The van der Waals surface area contributed by atoms with E-state index in [0.717, 1.165) is 5.69 Å². The molecule has 0 bridgehead atoms. The van der Waals surface area contributed by atoms with Gasteiger partial charge in [0, 0.05) is 19.8 Å². The van der Waals surface area contributed by atoms with E-state index < -0.39 is 8.03 Å². The number of nitrogens with zero attached hydrogens (tertiary/aromatic N) is 1. The third-order valence-electron chi connectivity index (χ3n) is 1.59. The minimum atomic E-state index is -2.20. The number of hydrogen-bond acceptors (Lipinski definition) is 2. The maximum absolute atomic E-state index is 10.6. The molecule has 1 aromatic rings. The van der Waals surface area contributed by atoms with Crippen molar-refractivity contribution >= 4 is 19.0 Å². The Labute approximate surface area is 101 Å². The quantitative estimate of drug-likeness (QED) is 0.455. The van der Waals surface area contributed by atoms with Gasteiger partial charge in [0.15, 0.2) is 0 Å². The van der Waals surface area contributed by atoms with Gasteiger partial charge >= 0.3 is 37.6 Å². The summed E-state index contributed by atoms with van der Waals surface area (Å²) >= 11 is 0. The summed E-state index contributed by atoms with van der Waals surface area (Å²) in [6.45, 7) is 0. The Bertz CT molecular complexity index is 287. The molecular weight excluding hydrogens is 196 g/mol. The second-order valence-corrected chi connectivity index (χ2v) is 3.75. The normalized spacial score (nSPS) is 10.2. The van der Waals surface area contributed by atoms with Crippen LogP contribution >= 0.6 is 8.03 Å². The SMILES string of the molecule is CN(C)c1ccc([P+](=O)O)cc1.[Na+]. The van der Waals surface area contributed by atoms with Crippen molar-refractivity contribution < 1.29 is 39.0 Å². The van der Waals surface area contributed by atoms with Crippen molar-refractivity contribution in [1.29, 1.82) is 0 Å². The van der Waals surface area contributed by atoms with Crippen LogP contribution in [0.2, 0.25) is 0 Å². The molecule has 3 nitrogen and oxygen atoms in total. The van der Waals surface area contributed by atoms with Crippen molar-refractivity contribution in [2.45, 2.75) is 0 Å². The Balaban J connectivity index is 0.00000144. The van der Waals surface area contributed by atoms with E-state index in [2.05, 4.69) is 0 Å². The smallest absolute Gasteiger partial charge is 0.378 e. The van der Waals surface area contributed by atoms with Crippen molar-refractivity contribution in [2.24, 2.45) is 0 Å². The van der Waals surface area contributed by atoms with Gasteiger partial charge in [-0.15, -0.1) is 0 Å². The molecule has 1 rings (SSSR count). The summed E-state index contributed by atoms with van der Waals surface area (Å²) in [6.07, 6.45) is 0. The van der Waals surface area contributed by atoms with Gasteiger partial charge in [-0.25, -0.2) is 0 Å². The van der Waals surface area contributed by atoms with Gasteiger partial charge in [-0.2, -0.15) is 4.89 Å². The first-order valence-corrected chi connectivity index (χ1v) is 4.76. The van der Waals surface area contributed by atoms with Gasteiger partial charge in [0.25, 0.3) is 0 Å². The Morgan fingerprint density at radius 3 is 2.00 bits per heavy atom. The van der Waals surface area contributed by atoms with Crippen LogP contribution in [0.25, 0.3) is 0 Å². The first-order valence-electron chi connectivity index (χ1n) is 3.55. The molecule has 0 aliphatic heterocycles. The summed E-state index contributed by atoms with van der Waals surface area (Å²) in [6, 6.07) is 6.96. The second-order valence-electron chi connectivity index (χ2n) is 2.68. The van der Waals surface area contributed by atoms with Crippen molar-refractivity contribution in [3.05, 3.63) is 24.3 Å². The van der Waals surface area contributed by atoms with Crippen molar-refractivity contribution in [3.8, 4) is 0 Å². The van der Waals surface area contributed by atoms with Gasteiger partial charge in [-0.3, -0.25) is 0 Å². The summed E-state index contributed by atoms with van der Waals surface area (Å²) in [5.74, 6) is 0. The standard InChI is InChI=1S/C8H10NO2P.Na/c1-9(2)7-3-5-8(6-4-7)12(10)11;/h3-6H,1-2H3;/q;+1/p+1. The molecule has 0 amide bonds. The first kappa shape index (κ1) is 13.1. The Morgan fingerprint density at radius 2 is 1.69 bits per heavy atom. The predicted molar refractivity (Wildman–Crippen MR) is 50.2 cm³/mol. The van der Waals surface area contributed by atoms with E-state index in [1.54, 1.807) is 12.1 Å². The molecule has 0 aromatic heterocycles. The monoisotopic (exact) mass is 207 g/mol. The zero-order valence-corrected chi connectivity index (χ0v) is 11.0. The molecule has 5 heteroatoms. The van der Waals surface area contributed by atoms with Gasteiger partial charge in [0.05, 0.1) is 0 Å². The molecule has 0 spiro atoms. The molecule has 0 radical (unpaired) electrons. The van der Waals surface area contributed by atoms with Crippen LogP contribution in [-0.2, 0) is 4.57 Å². The number of rotatable bonds is 2. The molecule has 1 atom stereocenters. The average molecular weight is 207 g/mol. The van der Waals surface area contributed by atoms with E-state index in [1.807, 2.05) is 31.1 Å². The van der Waals surface area contributed by atoms with Crippen molar-refractivity contribution in [2.75, 3.05) is 19.0 Å².